The zero-order chi connectivity index (χ0) is 15.7. The molecule has 1 heterocycles. The van der Waals surface area contributed by atoms with Crippen LogP contribution in [0.25, 0.3) is 0 Å². The summed E-state index contributed by atoms with van der Waals surface area (Å²) < 4.78 is 19.0. The number of hydrogen-bond acceptors (Lipinski definition) is 6. The molecule has 1 aromatic heterocycles. The SMILES string of the molecule is CCO[Si](CCCn1cc(C(C)=O)nn1)(OCC)OCC. The molecule has 0 saturated carbocycles. The largest absolute Gasteiger partial charge is 0.500 e. The Bertz CT molecular complexity index is 422. The van der Waals surface area contributed by atoms with Crippen molar-refractivity contribution < 1.29 is 18.1 Å². The Hall–Kier alpha value is -1.09. The summed E-state index contributed by atoms with van der Waals surface area (Å²) in [5.74, 6) is -0.0806. The lowest BCUT2D eigenvalue weighted by Gasteiger charge is -2.28. The Balaban J connectivity index is 2.56. The molecule has 0 amide bonds. The monoisotopic (exact) mass is 315 g/mol. The minimum atomic E-state index is -2.59. The number of aryl methyl sites for hydroxylation is 1. The summed E-state index contributed by atoms with van der Waals surface area (Å²) in [7, 11) is -2.59. The highest BCUT2D eigenvalue weighted by molar-refractivity contribution is 6.60. The van der Waals surface area contributed by atoms with Crippen LogP contribution in [0.5, 0.6) is 0 Å². The lowest BCUT2D eigenvalue weighted by Crippen LogP contribution is -2.46. The number of ketones is 1. The van der Waals surface area contributed by atoms with Crippen LogP contribution in [-0.4, -0.2) is 49.4 Å². The van der Waals surface area contributed by atoms with Crippen LogP contribution in [0.15, 0.2) is 6.20 Å². The zero-order valence-corrected chi connectivity index (χ0v) is 14.3. The van der Waals surface area contributed by atoms with E-state index in [0.717, 1.165) is 12.5 Å². The van der Waals surface area contributed by atoms with E-state index in [-0.39, 0.29) is 5.78 Å². The molecule has 0 atom stereocenters. The van der Waals surface area contributed by atoms with Crippen LogP contribution in [0.1, 0.15) is 44.6 Å². The second-order valence-electron chi connectivity index (χ2n) is 4.51. The van der Waals surface area contributed by atoms with Crippen molar-refractivity contribution in [2.45, 2.75) is 46.7 Å². The van der Waals surface area contributed by atoms with Crippen LogP contribution in [0, 0.1) is 0 Å². The summed E-state index contributed by atoms with van der Waals surface area (Å²) >= 11 is 0. The van der Waals surface area contributed by atoms with Crippen molar-refractivity contribution >= 4 is 14.6 Å². The van der Waals surface area contributed by atoms with Gasteiger partial charge < -0.3 is 13.3 Å². The van der Waals surface area contributed by atoms with Gasteiger partial charge >= 0.3 is 8.80 Å². The lowest BCUT2D eigenvalue weighted by atomic mass is 10.3. The van der Waals surface area contributed by atoms with Gasteiger partial charge in [0.15, 0.2) is 5.78 Å². The van der Waals surface area contributed by atoms with Crippen LogP contribution in [0.2, 0.25) is 6.04 Å². The number of carbonyl (C=O) groups is 1. The summed E-state index contributed by atoms with van der Waals surface area (Å²) in [5.41, 5.74) is 0.387. The number of hydrogen-bond donors (Lipinski definition) is 0. The van der Waals surface area contributed by atoms with E-state index in [9.17, 15) is 4.79 Å². The third-order valence-corrected chi connectivity index (χ3v) is 6.01. The molecule has 8 heteroatoms. The van der Waals surface area contributed by atoms with Gasteiger partial charge in [-0.2, -0.15) is 0 Å². The fourth-order valence-corrected chi connectivity index (χ4v) is 4.62. The minimum absolute atomic E-state index is 0.0806. The molecule has 0 unspecified atom stereocenters. The highest BCUT2D eigenvalue weighted by Gasteiger charge is 2.39. The molecular weight excluding hydrogens is 290 g/mol. The van der Waals surface area contributed by atoms with E-state index in [0.29, 0.717) is 32.1 Å². The fourth-order valence-electron chi connectivity index (χ4n) is 2.03. The molecule has 0 saturated heterocycles. The minimum Gasteiger partial charge on any atom is -0.374 e. The average Bonchev–Trinajstić information content (AvgIpc) is 2.89. The van der Waals surface area contributed by atoms with E-state index >= 15 is 0 Å². The Kier molecular flexibility index (Phi) is 7.72. The number of rotatable bonds is 11. The standard InChI is InChI=1S/C13H25N3O4Si/c1-5-18-21(19-6-2,20-7-3)10-8-9-16-11-13(12(4)17)14-15-16/h11H,5-10H2,1-4H3. The maximum atomic E-state index is 11.2. The van der Waals surface area contributed by atoms with Gasteiger partial charge in [-0.25, -0.2) is 0 Å². The van der Waals surface area contributed by atoms with Gasteiger partial charge in [0.05, 0.1) is 6.20 Å². The first-order valence-electron chi connectivity index (χ1n) is 7.39. The van der Waals surface area contributed by atoms with Crippen molar-refractivity contribution in [3.05, 3.63) is 11.9 Å². The summed E-state index contributed by atoms with van der Waals surface area (Å²) in [6, 6.07) is 0.720. The van der Waals surface area contributed by atoms with Crippen molar-refractivity contribution in [3.63, 3.8) is 0 Å². The number of Topliss-reactive ketones (excluding diaryl/α,β-unsaturated/α-hetero) is 1. The van der Waals surface area contributed by atoms with E-state index in [1.54, 1.807) is 10.9 Å². The predicted octanol–water partition coefficient (Wildman–Crippen LogP) is 1.92. The molecule has 0 aromatic carbocycles. The van der Waals surface area contributed by atoms with Crippen molar-refractivity contribution in [1.29, 1.82) is 0 Å². The molecule has 21 heavy (non-hydrogen) atoms. The van der Waals surface area contributed by atoms with Crippen LogP contribution < -0.4 is 0 Å². The van der Waals surface area contributed by atoms with Crippen LogP contribution in [0.4, 0.5) is 0 Å². The topological polar surface area (TPSA) is 75.5 Å². The third-order valence-electron chi connectivity index (χ3n) is 2.86. The highest BCUT2D eigenvalue weighted by Crippen LogP contribution is 2.18. The fraction of sp³-hybridized carbons (Fsp3) is 0.769. The van der Waals surface area contributed by atoms with Gasteiger partial charge in [0.25, 0.3) is 0 Å². The van der Waals surface area contributed by atoms with Gasteiger partial charge in [-0.1, -0.05) is 5.21 Å². The van der Waals surface area contributed by atoms with Gasteiger partial charge in [0.2, 0.25) is 0 Å². The molecule has 0 fully saturated rings. The van der Waals surface area contributed by atoms with Gasteiger partial charge in [0, 0.05) is 39.3 Å². The lowest BCUT2D eigenvalue weighted by molar-refractivity contribution is 0.0704. The molecule has 0 N–H and O–H groups in total. The van der Waals surface area contributed by atoms with E-state index in [2.05, 4.69) is 10.3 Å². The summed E-state index contributed by atoms with van der Waals surface area (Å²) in [6.07, 6.45) is 2.46. The molecule has 1 rings (SSSR count). The number of nitrogens with zero attached hydrogens (tertiary/aromatic N) is 3. The zero-order valence-electron chi connectivity index (χ0n) is 13.3. The second-order valence-corrected chi connectivity index (χ2v) is 7.24. The van der Waals surface area contributed by atoms with E-state index < -0.39 is 8.80 Å². The molecular formula is C13H25N3O4Si. The molecule has 120 valence electrons. The van der Waals surface area contributed by atoms with E-state index in [4.69, 9.17) is 13.3 Å². The molecule has 0 radical (unpaired) electrons. The molecule has 0 aliphatic rings. The van der Waals surface area contributed by atoms with E-state index in [1.165, 1.54) is 6.92 Å². The number of aromatic nitrogens is 3. The Morgan fingerprint density at radius 1 is 1.19 bits per heavy atom. The quantitative estimate of drug-likeness (QED) is 0.459. The molecule has 0 spiro atoms. The van der Waals surface area contributed by atoms with Crippen molar-refractivity contribution in [1.82, 2.24) is 15.0 Å². The summed E-state index contributed by atoms with van der Waals surface area (Å²) in [4.78, 5) is 11.2. The Labute approximate surface area is 126 Å². The van der Waals surface area contributed by atoms with Gasteiger partial charge in [-0.3, -0.25) is 9.48 Å². The first kappa shape index (κ1) is 18.0. The first-order valence-corrected chi connectivity index (χ1v) is 9.33. The molecule has 0 aliphatic heterocycles. The molecule has 7 nitrogen and oxygen atoms in total. The maximum absolute atomic E-state index is 11.2. The maximum Gasteiger partial charge on any atom is 0.500 e. The van der Waals surface area contributed by atoms with Crippen LogP contribution >= 0.6 is 0 Å². The highest BCUT2D eigenvalue weighted by atomic mass is 28.4. The smallest absolute Gasteiger partial charge is 0.374 e. The number of carbonyl (C=O) groups excluding carboxylic acids is 1. The predicted molar refractivity (Wildman–Crippen MR) is 80.1 cm³/mol. The van der Waals surface area contributed by atoms with Gasteiger partial charge in [-0.15, -0.1) is 5.10 Å². The van der Waals surface area contributed by atoms with Crippen LogP contribution in [-0.2, 0) is 19.8 Å². The summed E-state index contributed by atoms with van der Waals surface area (Å²) in [6.45, 7) is 9.68. The second kappa shape index (κ2) is 9.03. The van der Waals surface area contributed by atoms with Crippen molar-refractivity contribution in [3.8, 4) is 0 Å². The first-order chi connectivity index (χ1) is 10.1. The van der Waals surface area contributed by atoms with Gasteiger partial charge in [-0.05, 0) is 27.2 Å². The van der Waals surface area contributed by atoms with Crippen LogP contribution in [0.3, 0.4) is 0 Å². The third kappa shape index (κ3) is 5.66. The van der Waals surface area contributed by atoms with Crippen molar-refractivity contribution in [2.75, 3.05) is 19.8 Å². The Morgan fingerprint density at radius 3 is 2.19 bits per heavy atom. The average molecular weight is 315 g/mol. The molecule has 0 bridgehead atoms. The molecule has 0 aliphatic carbocycles. The molecule has 1 aromatic rings. The Morgan fingerprint density at radius 2 is 1.76 bits per heavy atom. The van der Waals surface area contributed by atoms with E-state index in [1.807, 2.05) is 20.8 Å². The van der Waals surface area contributed by atoms with Gasteiger partial charge in [0.1, 0.15) is 5.69 Å². The normalized spacial score (nSPS) is 11.8. The van der Waals surface area contributed by atoms with Crippen molar-refractivity contribution in [2.24, 2.45) is 0 Å². The summed E-state index contributed by atoms with van der Waals surface area (Å²) in [5, 5.41) is 7.75.